The first-order chi connectivity index (χ1) is 8.83. The fourth-order valence-electron chi connectivity index (χ4n) is 2.60. The van der Waals surface area contributed by atoms with E-state index in [0.29, 0.717) is 0 Å². The van der Waals surface area contributed by atoms with E-state index in [9.17, 15) is 0 Å². The molecule has 0 aromatic carbocycles. The molecule has 0 saturated carbocycles. The van der Waals surface area contributed by atoms with Crippen molar-refractivity contribution in [1.29, 1.82) is 0 Å². The van der Waals surface area contributed by atoms with E-state index in [2.05, 4.69) is 38.7 Å². The molecule has 0 fully saturated rings. The second-order valence-corrected chi connectivity index (χ2v) is 12.0. The number of hydrogen-bond donors (Lipinski definition) is 0. The van der Waals surface area contributed by atoms with Crippen molar-refractivity contribution in [1.82, 2.24) is 0 Å². The number of rotatable bonds is 10. The van der Waals surface area contributed by atoms with Gasteiger partial charge in [-0.2, -0.15) is 0 Å². The summed E-state index contributed by atoms with van der Waals surface area (Å²) >= 11 is -1.28. The van der Waals surface area contributed by atoms with Crippen LogP contribution in [-0.2, 0) is 21.8 Å². The summed E-state index contributed by atoms with van der Waals surface area (Å²) in [4.78, 5) is 0. The standard InChI is InChI=1S/C9H11.2C4H9.Zr/c1-2-3-6-9-7-4-5-8-9;2*1-3-4-2;/h2,4-5H,1,3,6-7H2;2*1,3-4H2,2H3;. The molecule has 0 aromatic rings. The molecule has 1 rings (SSSR count). The number of unbranched alkanes of at least 4 members (excludes halogenated alkanes) is 2. The monoisotopic (exact) mass is 323 g/mol. The van der Waals surface area contributed by atoms with Gasteiger partial charge in [0.1, 0.15) is 0 Å². The molecule has 0 unspecified atom stereocenters. The van der Waals surface area contributed by atoms with Crippen molar-refractivity contribution < 1.29 is 21.8 Å². The van der Waals surface area contributed by atoms with E-state index in [1.807, 2.05) is 3.28 Å². The van der Waals surface area contributed by atoms with Gasteiger partial charge in [0, 0.05) is 0 Å². The molecule has 0 saturated heterocycles. The van der Waals surface area contributed by atoms with Crippen LogP contribution in [0, 0.1) is 0 Å². The maximum absolute atomic E-state index is 3.86. The van der Waals surface area contributed by atoms with Crippen LogP contribution in [0.25, 0.3) is 0 Å². The van der Waals surface area contributed by atoms with Crippen LogP contribution in [0.1, 0.15) is 58.8 Å². The molecule has 0 aliphatic heterocycles. The van der Waals surface area contributed by atoms with Gasteiger partial charge in [-0.1, -0.05) is 0 Å². The van der Waals surface area contributed by atoms with Crippen LogP contribution in [-0.4, -0.2) is 0 Å². The van der Waals surface area contributed by atoms with E-state index in [1.165, 1.54) is 44.9 Å². The van der Waals surface area contributed by atoms with Gasteiger partial charge in [-0.15, -0.1) is 0 Å². The zero-order chi connectivity index (χ0) is 13.2. The van der Waals surface area contributed by atoms with Gasteiger partial charge in [-0.3, -0.25) is 0 Å². The molecule has 1 aliphatic rings. The normalized spacial score (nSPS) is 14.3. The molecule has 0 bridgehead atoms. The van der Waals surface area contributed by atoms with E-state index in [0.717, 1.165) is 0 Å². The summed E-state index contributed by atoms with van der Waals surface area (Å²) in [6.45, 7) is 8.53. The van der Waals surface area contributed by atoms with Crippen LogP contribution in [0.5, 0.6) is 0 Å². The summed E-state index contributed by atoms with van der Waals surface area (Å²) in [5, 5.41) is 0. The summed E-state index contributed by atoms with van der Waals surface area (Å²) in [7, 11) is 0. The average Bonchev–Trinajstić information content (AvgIpc) is 2.85. The Bertz CT molecular complexity index is 291. The van der Waals surface area contributed by atoms with Crippen LogP contribution in [0.2, 0.25) is 8.26 Å². The van der Waals surface area contributed by atoms with Crippen LogP contribution in [0.15, 0.2) is 33.7 Å². The third-order valence-corrected chi connectivity index (χ3v) is 11.6. The first-order valence-corrected chi connectivity index (χ1v) is 12.4. The van der Waals surface area contributed by atoms with Crippen LogP contribution in [0.4, 0.5) is 0 Å². The summed E-state index contributed by atoms with van der Waals surface area (Å²) in [5.41, 5.74) is 1.77. The van der Waals surface area contributed by atoms with E-state index in [1.54, 1.807) is 13.8 Å². The topological polar surface area (TPSA) is 0 Å². The Hall–Kier alpha value is 0.103. The molecule has 0 nitrogen and oxygen atoms in total. The molecule has 101 valence electrons. The summed E-state index contributed by atoms with van der Waals surface area (Å²) < 4.78 is 5.03. The Morgan fingerprint density at radius 2 is 1.89 bits per heavy atom. The van der Waals surface area contributed by atoms with Gasteiger partial charge >= 0.3 is 122 Å². The zero-order valence-corrected chi connectivity index (χ0v) is 14.8. The van der Waals surface area contributed by atoms with Gasteiger partial charge in [-0.25, -0.2) is 0 Å². The molecule has 1 aliphatic carbocycles. The summed E-state index contributed by atoms with van der Waals surface area (Å²) in [6, 6.07) is 0. The first kappa shape index (κ1) is 16.2. The predicted octanol–water partition coefficient (Wildman–Crippen LogP) is 6.22. The third-order valence-electron chi connectivity index (χ3n) is 3.73. The fourth-order valence-corrected chi connectivity index (χ4v) is 11.0. The molecule has 0 N–H and O–H groups in total. The quantitative estimate of drug-likeness (QED) is 0.418. The molecule has 0 atom stereocenters. The number of allylic oxidation sites excluding steroid dienone is 5. The Kier molecular flexibility index (Phi) is 8.94. The molecule has 0 amide bonds. The van der Waals surface area contributed by atoms with Gasteiger partial charge in [-0.05, 0) is 0 Å². The van der Waals surface area contributed by atoms with Gasteiger partial charge in [0.25, 0.3) is 0 Å². The molecule has 0 spiro atoms. The summed E-state index contributed by atoms with van der Waals surface area (Å²) in [6.07, 6.45) is 16.3. The molecule has 0 aromatic heterocycles. The van der Waals surface area contributed by atoms with Crippen molar-refractivity contribution in [2.75, 3.05) is 0 Å². The van der Waals surface area contributed by atoms with E-state index in [4.69, 9.17) is 0 Å². The number of hydrogen-bond acceptors (Lipinski definition) is 0. The SMILES string of the molecule is C=CCCC1=[C]([Zr]([CH2]CCC)[CH2]CCC)C=CC1. The Labute approximate surface area is 122 Å². The average molecular weight is 325 g/mol. The molecule has 0 radical (unpaired) electrons. The molecule has 1 heteroatoms. The van der Waals surface area contributed by atoms with E-state index in [-0.39, 0.29) is 0 Å². The van der Waals surface area contributed by atoms with Crippen molar-refractivity contribution >= 4 is 0 Å². The van der Waals surface area contributed by atoms with Crippen molar-refractivity contribution in [2.45, 2.75) is 67.1 Å². The Morgan fingerprint density at radius 1 is 1.22 bits per heavy atom. The molecular weight excluding hydrogens is 295 g/mol. The Balaban J connectivity index is 2.66. The maximum atomic E-state index is 3.86. The van der Waals surface area contributed by atoms with Crippen molar-refractivity contribution in [3.63, 3.8) is 0 Å². The molecule has 18 heavy (non-hydrogen) atoms. The molecule has 0 heterocycles. The minimum atomic E-state index is -1.28. The van der Waals surface area contributed by atoms with Crippen molar-refractivity contribution in [3.05, 3.63) is 33.7 Å². The van der Waals surface area contributed by atoms with Crippen LogP contribution < -0.4 is 0 Å². The van der Waals surface area contributed by atoms with Gasteiger partial charge in [0.2, 0.25) is 0 Å². The predicted molar refractivity (Wildman–Crippen MR) is 79.6 cm³/mol. The van der Waals surface area contributed by atoms with E-state index < -0.39 is 21.8 Å². The molecular formula is C17H29Zr. The fraction of sp³-hybridized carbons (Fsp3) is 0.647. The second-order valence-electron chi connectivity index (χ2n) is 5.26. The summed E-state index contributed by atoms with van der Waals surface area (Å²) in [5.74, 6) is 0. The van der Waals surface area contributed by atoms with Gasteiger partial charge in [0.15, 0.2) is 0 Å². The van der Waals surface area contributed by atoms with Crippen LogP contribution >= 0.6 is 0 Å². The van der Waals surface area contributed by atoms with Crippen molar-refractivity contribution in [3.8, 4) is 0 Å². The third kappa shape index (κ3) is 5.39. The Morgan fingerprint density at radius 3 is 2.44 bits per heavy atom. The van der Waals surface area contributed by atoms with Crippen molar-refractivity contribution in [2.24, 2.45) is 0 Å². The zero-order valence-electron chi connectivity index (χ0n) is 12.3. The first-order valence-electron chi connectivity index (χ1n) is 7.68. The van der Waals surface area contributed by atoms with Gasteiger partial charge < -0.3 is 0 Å². The van der Waals surface area contributed by atoms with Crippen LogP contribution in [0.3, 0.4) is 0 Å². The van der Waals surface area contributed by atoms with E-state index >= 15 is 0 Å². The minimum absolute atomic E-state index is 1.17. The second kappa shape index (κ2) is 9.96. The van der Waals surface area contributed by atoms with Gasteiger partial charge in [0.05, 0.1) is 0 Å².